The summed E-state index contributed by atoms with van der Waals surface area (Å²) in [5, 5.41) is 13.3. The molecule has 1 aromatic rings. The predicted molar refractivity (Wildman–Crippen MR) is 72.6 cm³/mol. The van der Waals surface area contributed by atoms with Crippen molar-refractivity contribution in [2.24, 2.45) is 5.41 Å². The largest absolute Gasteiger partial charge is 0.353 e. The van der Waals surface area contributed by atoms with Crippen molar-refractivity contribution < 1.29 is 4.79 Å². The monoisotopic (exact) mass is 262 g/mol. The van der Waals surface area contributed by atoms with E-state index in [1.165, 1.54) is 12.8 Å². The van der Waals surface area contributed by atoms with Crippen molar-refractivity contribution >= 4 is 5.91 Å². The van der Waals surface area contributed by atoms with Crippen LogP contribution in [0.1, 0.15) is 37.7 Å². The van der Waals surface area contributed by atoms with Gasteiger partial charge in [-0.1, -0.05) is 0 Å². The maximum Gasteiger partial charge on any atom is 0.220 e. The first-order valence-electron chi connectivity index (χ1n) is 7.24. The van der Waals surface area contributed by atoms with Crippen LogP contribution in [-0.4, -0.2) is 35.2 Å². The van der Waals surface area contributed by atoms with Crippen LogP contribution in [0.5, 0.6) is 0 Å². The zero-order valence-corrected chi connectivity index (χ0v) is 11.2. The van der Waals surface area contributed by atoms with Crippen LogP contribution in [0.3, 0.4) is 0 Å². The molecule has 0 bridgehead atoms. The van der Waals surface area contributed by atoms with Gasteiger partial charge >= 0.3 is 0 Å². The first-order valence-corrected chi connectivity index (χ1v) is 7.24. The molecule has 2 heterocycles. The average Bonchev–Trinajstić information content (AvgIpc) is 2.89. The van der Waals surface area contributed by atoms with Gasteiger partial charge in [0.25, 0.3) is 0 Å². The Labute approximate surface area is 113 Å². The highest BCUT2D eigenvalue weighted by Crippen LogP contribution is 2.45. The lowest BCUT2D eigenvalue weighted by Crippen LogP contribution is -2.56. The van der Waals surface area contributed by atoms with Crippen molar-refractivity contribution in [3.8, 4) is 0 Å². The molecule has 1 saturated heterocycles. The molecular formula is C14H22N4O. The van der Waals surface area contributed by atoms with Crippen molar-refractivity contribution in [3.63, 3.8) is 0 Å². The second-order valence-corrected chi connectivity index (χ2v) is 6.06. The third kappa shape index (κ3) is 2.97. The lowest BCUT2D eigenvalue weighted by Gasteiger charge is -2.50. The minimum atomic E-state index is 0.171. The van der Waals surface area contributed by atoms with E-state index in [1.54, 1.807) is 6.20 Å². The number of nitrogens with one attached hydrogen (secondary N) is 3. The second kappa shape index (κ2) is 5.33. The fourth-order valence-electron chi connectivity index (χ4n) is 3.44. The average molecular weight is 262 g/mol. The molecule has 5 heteroatoms. The van der Waals surface area contributed by atoms with Crippen LogP contribution in [0.4, 0.5) is 0 Å². The van der Waals surface area contributed by atoms with Crippen LogP contribution >= 0.6 is 0 Å². The number of carbonyl (C=O) groups excluding carboxylic acids is 1. The number of amides is 1. The van der Waals surface area contributed by atoms with Gasteiger partial charge in [0.05, 0.1) is 6.20 Å². The highest BCUT2D eigenvalue weighted by Gasteiger charge is 2.44. The number of carbonyl (C=O) groups is 1. The predicted octanol–water partition coefficient (Wildman–Crippen LogP) is 0.991. The third-order valence-electron chi connectivity index (χ3n) is 4.48. The van der Waals surface area contributed by atoms with Crippen LogP contribution in [0.15, 0.2) is 12.4 Å². The SMILES string of the molecule is O=C(CCc1cn[nH]c1)NC1CC2(CCCNC2)C1. The molecule has 0 aromatic carbocycles. The van der Waals surface area contributed by atoms with Crippen LogP contribution in [0.2, 0.25) is 0 Å². The number of H-pyrrole nitrogens is 1. The van der Waals surface area contributed by atoms with Gasteiger partial charge in [-0.3, -0.25) is 9.89 Å². The summed E-state index contributed by atoms with van der Waals surface area (Å²) < 4.78 is 0. The van der Waals surface area contributed by atoms with Crippen LogP contribution in [0.25, 0.3) is 0 Å². The standard InChI is InChI=1S/C14H22N4O/c19-13(3-2-11-8-16-17-9-11)18-12-6-14(7-12)4-1-5-15-10-14/h8-9,12,15H,1-7,10H2,(H,16,17)(H,18,19). The summed E-state index contributed by atoms with van der Waals surface area (Å²) in [6.45, 7) is 2.29. The zero-order chi connectivity index (χ0) is 13.1. The quantitative estimate of drug-likeness (QED) is 0.758. The second-order valence-electron chi connectivity index (χ2n) is 6.06. The van der Waals surface area contributed by atoms with E-state index in [0.29, 0.717) is 17.9 Å². The van der Waals surface area contributed by atoms with Gasteiger partial charge in [-0.05, 0) is 49.6 Å². The highest BCUT2D eigenvalue weighted by atomic mass is 16.1. The number of nitrogens with zero attached hydrogens (tertiary/aromatic N) is 1. The van der Waals surface area contributed by atoms with Crippen LogP contribution in [-0.2, 0) is 11.2 Å². The molecular weight excluding hydrogens is 240 g/mol. The lowest BCUT2D eigenvalue weighted by molar-refractivity contribution is -0.123. The van der Waals surface area contributed by atoms with Gasteiger partial charge in [0, 0.05) is 25.2 Å². The summed E-state index contributed by atoms with van der Waals surface area (Å²) in [5.41, 5.74) is 1.58. The first kappa shape index (κ1) is 12.7. The van der Waals surface area contributed by atoms with Gasteiger partial charge in [0.1, 0.15) is 0 Å². The van der Waals surface area contributed by atoms with Crippen LogP contribution < -0.4 is 10.6 Å². The van der Waals surface area contributed by atoms with Crippen molar-refractivity contribution in [2.75, 3.05) is 13.1 Å². The van der Waals surface area contributed by atoms with Gasteiger partial charge in [-0.15, -0.1) is 0 Å². The van der Waals surface area contributed by atoms with Crippen molar-refractivity contribution in [1.82, 2.24) is 20.8 Å². The summed E-state index contributed by atoms with van der Waals surface area (Å²) in [5.74, 6) is 0.171. The van der Waals surface area contributed by atoms with Gasteiger partial charge < -0.3 is 10.6 Å². The Hall–Kier alpha value is -1.36. The lowest BCUT2D eigenvalue weighted by atomic mass is 9.62. The molecule has 1 amide bonds. The molecule has 19 heavy (non-hydrogen) atoms. The molecule has 104 valence electrons. The molecule has 2 fully saturated rings. The third-order valence-corrected chi connectivity index (χ3v) is 4.48. The summed E-state index contributed by atoms with van der Waals surface area (Å²) in [7, 11) is 0. The maximum atomic E-state index is 11.9. The molecule has 3 rings (SSSR count). The number of piperidine rings is 1. The Morgan fingerprint density at radius 3 is 3.11 bits per heavy atom. The summed E-state index contributed by atoms with van der Waals surface area (Å²) >= 11 is 0. The highest BCUT2D eigenvalue weighted by molar-refractivity contribution is 5.76. The normalized spacial score (nSPS) is 30.0. The number of aromatic amines is 1. The molecule has 5 nitrogen and oxygen atoms in total. The number of hydrogen-bond acceptors (Lipinski definition) is 3. The number of aromatic nitrogens is 2. The fourth-order valence-corrected chi connectivity index (χ4v) is 3.44. The Kier molecular flexibility index (Phi) is 3.55. The Morgan fingerprint density at radius 2 is 2.42 bits per heavy atom. The molecule has 1 spiro atoms. The Bertz CT molecular complexity index is 415. The molecule has 3 N–H and O–H groups in total. The number of hydrogen-bond donors (Lipinski definition) is 3. The molecule has 0 unspecified atom stereocenters. The van der Waals surface area contributed by atoms with E-state index in [-0.39, 0.29) is 5.91 Å². The summed E-state index contributed by atoms with van der Waals surface area (Å²) in [6.07, 6.45) is 9.85. The molecule has 1 aliphatic heterocycles. The van der Waals surface area contributed by atoms with Gasteiger partial charge in [0.2, 0.25) is 5.91 Å². The molecule has 0 radical (unpaired) electrons. The van der Waals surface area contributed by atoms with E-state index >= 15 is 0 Å². The van der Waals surface area contributed by atoms with E-state index in [1.807, 2.05) is 6.20 Å². The molecule has 2 aliphatic rings. The summed E-state index contributed by atoms with van der Waals surface area (Å²) in [4.78, 5) is 11.9. The molecule has 1 aromatic heterocycles. The van der Waals surface area contributed by atoms with E-state index in [9.17, 15) is 4.79 Å². The van der Waals surface area contributed by atoms with E-state index in [2.05, 4.69) is 20.8 Å². The first-order chi connectivity index (χ1) is 9.26. The zero-order valence-electron chi connectivity index (χ0n) is 11.2. The van der Waals surface area contributed by atoms with E-state index in [0.717, 1.165) is 37.9 Å². The fraction of sp³-hybridized carbons (Fsp3) is 0.714. The summed E-state index contributed by atoms with van der Waals surface area (Å²) in [6, 6.07) is 0.400. The number of rotatable bonds is 4. The van der Waals surface area contributed by atoms with Gasteiger partial charge in [-0.25, -0.2) is 0 Å². The number of aryl methyl sites for hydroxylation is 1. The minimum absolute atomic E-state index is 0.171. The van der Waals surface area contributed by atoms with Gasteiger partial charge in [-0.2, -0.15) is 5.10 Å². The topological polar surface area (TPSA) is 69.8 Å². The van der Waals surface area contributed by atoms with Crippen molar-refractivity contribution in [3.05, 3.63) is 18.0 Å². The van der Waals surface area contributed by atoms with Gasteiger partial charge in [0.15, 0.2) is 0 Å². The van der Waals surface area contributed by atoms with Crippen molar-refractivity contribution in [1.29, 1.82) is 0 Å². The maximum absolute atomic E-state index is 11.9. The van der Waals surface area contributed by atoms with E-state index < -0.39 is 0 Å². The molecule has 1 saturated carbocycles. The van der Waals surface area contributed by atoms with E-state index in [4.69, 9.17) is 0 Å². The molecule has 1 aliphatic carbocycles. The Balaban J connectivity index is 1.37. The minimum Gasteiger partial charge on any atom is -0.353 e. The van der Waals surface area contributed by atoms with Crippen LogP contribution in [0, 0.1) is 5.41 Å². The molecule has 0 atom stereocenters. The van der Waals surface area contributed by atoms with Crippen molar-refractivity contribution in [2.45, 2.75) is 44.6 Å². The Morgan fingerprint density at radius 1 is 1.53 bits per heavy atom. The smallest absolute Gasteiger partial charge is 0.220 e.